The van der Waals surface area contributed by atoms with Crippen molar-refractivity contribution in [2.45, 2.75) is 26.7 Å². The van der Waals surface area contributed by atoms with E-state index in [0.717, 1.165) is 5.02 Å². The molecule has 0 aromatic heterocycles. The van der Waals surface area contributed by atoms with Gasteiger partial charge in [-0.05, 0) is 36.1 Å². The summed E-state index contributed by atoms with van der Waals surface area (Å²) < 4.78 is 0. The third-order valence-corrected chi connectivity index (χ3v) is 1.95. The zero-order valence-corrected chi connectivity index (χ0v) is 7.94. The van der Waals surface area contributed by atoms with Gasteiger partial charge in [-0.3, -0.25) is 0 Å². The third-order valence-electron chi connectivity index (χ3n) is 1.73. The van der Waals surface area contributed by atoms with Gasteiger partial charge in [-0.1, -0.05) is 31.5 Å². The van der Waals surface area contributed by atoms with Gasteiger partial charge in [0.25, 0.3) is 0 Å². The van der Waals surface area contributed by atoms with E-state index in [1.165, 1.54) is 11.1 Å². The maximum absolute atomic E-state index is 5.89. The van der Waals surface area contributed by atoms with Crippen LogP contribution in [0.5, 0.6) is 0 Å². The molecule has 0 saturated carbocycles. The van der Waals surface area contributed by atoms with Crippen LogP contribution >= 0.6 is 11.6 Å². The van der Waals surface area contributed by atoms with E-state index in [0.29, 0.717) is 5.92 Å². The average Bonchev–Trinajstić information content (AvgIpc) is 1.85. The minimum atomic E-state index is 0.562. The van der Waals surface area contributed by atoms with E-state index in [-0.39, 0.29) is 0 Å². The molecule has 0 fully saturated rings. The molecule has 1 aromatic rings. The molecule has 0 aliphatic heterocycles. The fourth-order valence-corrected chi connectivity index (χ4v) is 1.40. The van der Waals surface area contributed by atoms with Crippen LogP contribution in [0.15, 0.2) is 18.2 Å². The van der Waals surface area contributed by atoms with Crippen LogP contribution in [0.3, 0.4) is 0 Å². The largest absolute Gasteiger partial charge is 0.0843 e. The number of hydrogen-bond donors (Lipinski definition) is 0. The molecule has 0 unspecified atom stereocenters. The molecule has 0 spiro atoms. The van der Waals surface area contributed by atoms with Crippen LogP contribution in [0, 0.1) is 6.92 Å². The van der Waals surface area contributed by atoms with Crippen molar-refractivity contribution in [1.29, 1.82) is 0 Å². The molecular weight excluding hydrogens is 156 g/mol. The summed E-state index contributed by atoms with van der Waals surface area (Å²) in [4.78, 5) is 0. The van der Waals surface area contributed by atoms with Crippen LogP contribution in [-0.4, -0.2) is 0 Å². The molecule has 0 bridgehead atoms. The van der Waals surface area contributed by atoms with Crippen molar-refractivity contribution in [3.8, 4) is 0 Å². The Morgan fingerprint density at radius 1 is 1.18 bits per heavy atom. The summed E-state index contributed by atoms with van der Waals surface area (Å²) in [5, 5.41) is 0.841. The first-order valence-corrected chi connectivity index (χ1v) is 4.24. The zero-order chi connectivity index (χ0) is 8.43. The smallest absolute Gasteiger partial charge is 0.0411 e. The van der Waals surface area contributed by atoms with E-state index in [1.54, 1.807) is 0 Å². The van der Waals surface area contributed by atoms with Crippen LogP contribution in [0.2, 0.25) is 5.02 Å². The summed E-state index contributed by atoms with van der Waals surface area (Å²) in [6, 6.07) is 6.18. The second kappa shape index (κ2) is 3.27. The second-order valence-corrected chi connectivity index (χ2v) is 3.65. The Morgan fingerprint density at radius 2 is 1.82 bits per heavy atom. The normalized spacial score (nSPS) is 10.6. The Bertz CT molecular complexity index is 231. The molecule has 1 rings (SSSR count). The Balaban J connectivity index is 3.08. The highest BCUT2D eigenvalue weighted by Crippen LogP contribution is 2.20. The number of hydrogen-bond acceptors (Lipinski definition) is 0. The van der Waals surface area contributed by atoms with Gasteiger partial charge in [-0.25, -0.2) is 0 Å². The van der Waals surface area contributed by atoms with E-state index in [1.807, 2.05) is 12.1 Å². The standard InChI is InChI=1S/C10H13Cl/c1-7(2)9-4-8(3)5-10(11)6-9/h4-7H,1-3H3. The lowest BCUT2D eigenvalue weighted by molar-refractivity contribution is 0.865. The molecule has 0 amide bonds. The van der Waals surface area contributed by atoms with Crippen molar-refractivity contribution >= 4 is 11.6 Å². The molecule has 0 heterocycles. The van der Waals surface area contributed by atoms with Gasteiger partial charge in [-0.15, -0.1) is 0 Å². The van der Waals surface area contributed by atoms with E-state index in [9.17, 15) is 0 Å². The Kier molecular flexibility index (Phi) is 2.56. The fraction of sp³-hybridized carbons (Fsp3) is 0.400. The summed E-state index contributed by atoms with van der Waals surface area (Å²) in [5.41, 5.74) is 2.55. The first kappa shape index (κ1) is 8.61. The zero-order valence-electron chi connectivity index (χ0n) is 7.19. The Hall–Kier alpha value is -0.490. The summed E-state index contributed by atoms with van der Waals surface area (Å²) >= 11 is 5.89. The molecule has 0 atom stereocenters. The third kappa shape index (κ3) is 2.23. The van der Waals surface area contributed by atoms with Crippen LogP contribution in [0.1, 0.15) is 30.9 Å². The number of halogens is 1. The first-order chi connectivity index (χ1) is 5.09. The molecule has 0 radical (unpaired) electrons. The lowest BCUT2D eigenvalue weighted by Crippen LogP contribution is -1.87. The van der Waals surface area contributed by atoms with Crippen molar-refractivity contribution < 1.29 is 0 Å². The van der Waals surface area contributed by atoms with Gasteiger partial charge in [0.15, 0.2) is 0 Å². The van der Waals surface area contributed by atoms with Crippen molar-refractivity contribution in [1.82, 2.24) is 0 Å². The summed E-state index contributed by atoms with van der Waals surface area (Å²) in [6.45, 7) is 6.41. The monoisotopic (exact) mass is 168 g/mol. The maximum atomic E-state index is 5.89. The summed E-state index contributed by atoms with van der Waals surface area (Å²) in [5.74, 6) is 0.562. The van der Waals surface area contributed by atoms with Gasteiger partial charge < -0.3 is 0 Å². The van der Waals surface area contributed by atoms with Crippen molar-refractivity contribution in [2.75, 3.05) is 0 Å². The molecule has 11 heavy (non-hydrogen) atoms. The van der Waals surface area contributed by atoms with E-state index in [4.69, 9.17) is 11.6 Å². The number of benzene rings is 1. The summed E-state index contributed by atoms with van der Waals surface area (Å²) in [7, 11) is 0. The molecule has 0 nitrogen and oxygen atoms in total. The van der Waals surface area contributed by atoms with Crippen LogP contribution in [0.25, 0.3) is 0 Å². The highest BCUT2D eigenvalue weighted by molar-refractivity contribution is 6.30. The topological polar surface area (TPSA) is 0 Å². The lowest BCUT2D eigenvalue weighted by Gasteiger charge is -2.06. The minimum absolute atomic E-state index is 0.562. The van der Waals surface area contributed by atoms with Crippen LogP contribution in [-0.2, 0) is 0 Å². The molecule has 0 N–H and O–H groups in total. The SMILES string of the molecule is Cc1cc(Cl)cc(C(C)C)c1. The first-order valence-electron chi connectivity index (χ1n) is 3.86. The van der Waals surface area contributed by atoms with E-state index < -0.39 is 0 Å². The van der Waals surface area contributed by atoms with Crippen LogP contribution in [0.4, 0.5) is 0 Å². The Morgan fingerprint density at radius 3 is 2.27 bits per heavy atom. The molecule has 1 heteroatoms. The van der Waals surface area contributed by atoms with E-state index >= 15 is 0 Å². The van der Waals surface area contributed by atoms with Gasteiger partial charge in [0.2, 0.25) is 0 Å². The Labute approximate surface area is 73.2 Å². The number of rotatable bonds is 1. The van der Waals surface area contributed by atoms with Gasteiger partial charge >= 0.3 is 0 Å². The predicted molar refractivity (Wildman–Crippen MR) is 50.3 cm³/mol. The van der Waals surface area contributed by atoms with Crippen molar-refractivity contribution in [2.24, 2.45) is 0 Å². The average molecular weight is 169 g/mol. The predicted octanol–water partition coefficient (Wildman–Crippen LogP) is 3.77. The van der Waals surface area contributed by atoms with Crippen molar-refractivity contribution in [3.63, 3.8) is 0 Å². The van der Waals surface area contributed by atoms with E-state index in [2.05, 4.69) is 26.8 Å². The minimum Gasteiger partial charge on any atom is -0.0843 e. The second-order valence-electron chi connectivity index (χ2n) is 3.22. The number of aryl methyl sites for hydroxylation is 1. The molecule has 1 aromatic carbocycles. The molecule has 60 valence electrons. The van der Waals surface area contributed by atoms with Gasteiger partial charge in [-0.2, -0.15) is 0 Å². The van der Waals surface area contributed by atoms with Gasteiger partial charge in [0.05, 0.1) is 0 Å². The molecule has 0 saturated heterocycles. The summed E-state index contributed by atoms with van der Waals surface area (Å²) in [6.07, 6.45) is 0. The van der Waals surface area contributed by atoms with Gasteiger partial charge in [0, 0.05) is 5.02 Å². The highest BCUT2D eigenvalue weighted by atomic mass is 35.5. The fourth-order valence-electron chi connectivity index (χ4n) is 1.10. The van der Waals surface area contributed by atoms with Gasteiger partial charge in [0.1, 0.15) is 0 Å². The molecule has 0 aliphatic carbocycles. The van der Waals surface area contributed by atoms with Crippen molar-refractivity contribution in [3.05, 3.63) is 34.3 Å². The maximum Gasteiger partial charge on any atom is 0.0411 e. The quantitative estimate of drug-likeness (QED) is 0.599. The molecular formula is C10H13Cl. The molecule has 0 aliphatic rings. The van der Waals surface area contributed by atoms with Crippen LogP contribution < -0.4 is 0 Å². The highest BCUT2D eigenvalue weighted by Gasteiger charge is 2.00. The lowest BCUT2D eigenvalue weighted by atomic mass is 10.0.